The van der Waals surface area contributed by atoms with Gasteiger partial charge in [-0.1, -0.05) is 37.6 Å². The van der Waals surface area contributed by atoms with E-state index >= 15 is 0 Å². The van der Waals surface area contributed by atoms with Gasteiger partial charge in [-0.15, -0.1) is 0 Å². The van der Waals surface area contributed by atoms with Gasteiger partial charge in [0.05, 0.1) is 6.21 Å². The van der Waals surface area contributed by atoms with Gasteiger partial charge >= 0.3 is 11.8 Å². The summed E-state index contributed by atoms with van der Waals surface area (Å²) in [4.78, 5) is 23.3. The van der Waals surface area contributed by atoms with E-state index in [0.29, 0.717) is 12.4 Å². The molecule has 0 bridgehead atoms. The van der Waals surface area contributed by atoms with Crippen LogP contribution in [0.4, 0.5) is 0 Å². The molecular weight excluding hydrogens is 294 g/mol. The van der Waals surface area contributed by atoms with Gasteiger partial charge in [0.1, 0.15) is 12.4 Å². The number of ether oxygens (including phenoxy) is 1. The van der Waals surface area contributed by atoms with Crippen LogP contribution in [-0.2, 0) is 9.59 Å². The quantitative estimate of drug-likeness (QED) is 0.363. The molecule has 0 heterocycles. The monoisotopic (exact) mass is 315 g/mol. The molecule has 0 unspecified atom stereocenters. The van der Waals surface area contributed by atoms with Crippen molar-refractivity contribution in [3.05, 3.63) is 42.5 Å². The number of hydrogen-bond donors (Lipinski definition) is 2. The largest absolute Gasteiger partial charge is 0.490 e. The van der Waals surface area contributed by atoms with Crippen LogP contribution in [0.1, 0.15) is 31.2 Å². The first-order valence-corrected chi connectivity index (χ1v) is 7.66. The molecule has 23 heavy (non-hydrogen) atoms. The average Bonchev–Trinajstić information content (AvgIpc) is 3.06. The molecule has 122 valence electrons. The van der Waals surface area contributed by atoms with Gasteiger partial charge in [-0.05, 0) is 30.5 Å². The summed E-state index contributed by atoms with van der Waals surface area (Å²) in [6, 6.07) is 7.33. The van der Waals surface area contributed by atoms with Crippen LogP contribution in [-0.4, -0.2) is 30.7 Å². The molecule has 1 aliphatic carbocycles. The molecule has 0 atom stereocenters. The van der Waals surface area contributed by atoms with Crippen LogP contribution in [0, 0.1) is 0 Å². The topological polar surface area (TPSA) is 79.8 Å². The summed E-state index contributed by atoms with van der Waals surface area (Å²) in [7, 11) is 0. The number of carbonyl (C=O) groups is 2. The van der Waals surface area contributed by atoms with Gasteiger partial charge in [-0.3, -0.25) is 9.59 Å². The lowest BCUT2D eigenvalue weighted by atomic mass is 10.2. The Kier molecular flexibility index (Phi) is 6.35. The zero-order chi connectivity index (χ0) is 16.5. The highest BCUT2D eigenvalue weighted by Gasteiger charge is 2.20. The molecule has 6 nitrogen and oxygen atoms in total. The minimum Gasteiger partial charge on any atom is -0.490 e. The van der Waals surface area contributed by atoms with Crippen LogP contribution in [0.2, 0.25) is 0 Å². The third kappa shape index (κ3) is 5.58. The van der Waals surface area contributed by atoms with Gasteiger partial charge in [-0.25, -0.2) is 5.43 Å². The molecule has 1 aliphatic rings. The average molecular weight is 315 g/mol. The SMILES string of the molecule is C=CCOc1cccc(/C=N\NC(=O)C(=O)NC2CCCC2)c1. The Morgan fingerprint density at radius 1 is 1.30 bits per heavy atom. The van der Waals surface area contributed by atoms with Crippen LogP contribution in [0.25, 0.3) is 0 Å². The zero-order valence-electron chi connectivity index (χ0n) is 13.0. The molecule has 2 rings (SSSR count). The van der Waals surface area contributed by atoms with E-state index < -0.39 is 11.8 Å². The minimum atomic E-state index is -0.757. The molecule has 1 aromatic carbocycles. The first kappa shape index (κ1) is 16.7. The molecule has 6 heteroatoms. The molecule has 1 fully saturated rings. The van der Waals surface area contributed by atoms with Crippen molar-refractivity contribution in [2.45, 2.75) is 31.7 Å². The van der Waals surface area contributed by atoms with Crippen LogP contribution < -0.4 is 15.5 Å². The number of nitrogens with zero attached hydrogens (tertiary/aromatic N) is 1. The van der Waals surface area contributed by atoms with Crippen molar-refractivity contribution in [2.24, 2.45) is 5.10 Å². The third-order valence-electron chi connectivity index (χ3n) is 3.50. The van der Waals surface area contributed by atoms with Crippen LogP contribution in [0.5, 0.6) is 5.75 Å². The highest BCUT2D eigenvalue weighted by atomic mass is 16.5. The lowest BCUT2D eigenvalue weighted by Gasteiger charge is -2.10. The lowest BCUT2D eigenvalue weighted by molar-refractivity contribution is -0.139. The molecular formula is C17H21N3O3. The molecule has 0 aromatic heterocycles. The van der Waals surface area contributed by atoms with E-state index in [9.17, 15) is 9.59 Å². The lowest BCUT2D eigenvalue weighted by Crippen LogP contribution is -2.42. The van der Waals surface area contributed by atoms with E-state index in [1.54, 1.807) is 12.1 Å². The van der Waals surface area contributed by atoms with Gasteiger partial charge in [0.25, 0.3) is 0 Å². The van der Waals surface area contributed by atoms with Crippen molar-refractivity contribution in [1.82, 2.24) is 10.7 Å². The second-order valence-electron chi connectivity index (χ2n) is 5.33. The van der Waals surface area contributed by atoms with E-state index in [2.05, 4.69) is 22.4 Å². The smallest absolute Gasteiger partial charge is 0.329 e. The molecule has 0 spiro atoms. The van der Waals surface area contributed by atoms with Gasteiger partial charge in [0, 0.05) is 6.04 Å². The number of hydrogen-bond acceptors (Lipinski definition) is 4. The Morgan fingerprint density at radius 2 is 2.09 bits per heavy atom. The summed E-state index contributed by atoms with van der Waals surface area (Å²) in [6.45, 7) is 4.00. The van der Waals surface area contributed by atoms with Crippen molar-refractivity contribution in [2.75, 3.05) is 6.61 Å². The van der Waals surface area contributed by atoms with Gasteiger partial charge in [-0.2, -0.15) is 5.10 Å². The Labute approximate surface area is 135 Å². The van der Waals surface area contributed by atoms with E-state index in [0.717, 1.165) is 31.2 Å². The number of carbonyl (C=O) groups excluding carboxylic acids is 2. The van der Waals surface area contributed by atoms with E-state index in [1.807, 2.05) is 18.2 Å². The first-order chi connectivity index (χ1) is 11.2. The first-order valence-electron chi connectivity index (χ1n) is 7.66. The maximum Gasteiger partial charge on any atom is 0.329 e. The summed E-state index contributed by atoms with van der Waals surface area (Å²) < 4.78 is 5.40. The van der Waals surface area contributed by atoms with Gasteiger partial charge in [0.2, 0.25) is 0 Å². The summed E-state index contributed by atoms with van der Waals surface area (Å²) >= 11 is 0. The van der Waals surface area contributed by atoms with Crippen LogP contribution in [0.15, 0.2) is 42.0 Å². The van der Waals surface area contributed by atoms with Crippen molar-refractivity contribution >= 4 is 18.0 Å². The molecule has 0 radical (unpaired) electrons. The molecule has 2 amide bonds. The molecule has 1 saturated carbocycles. The van der Waals surface area contributed by atoms with Crippen molar-refractivity contribution in [3.8, 4) is 5.75 Å². The Balaban J connectivity index is 1.81. The van der Waals surface area contributed by atoms with Gasteiger partial charge in [0.15, 0.2) is 0 Å². The number of benzene rings is 1. The Bertz CT molecular complexity index is 593. The van der Waals surface area contributed by atoms with E-state index in [1.165, 1.54) is 6.21 Å². The number of amides is 2. The predicted octanol–water partition coefficient (Wildman–Crippen LogP) is 1.76. The maximum atomic E-state index is 11.7. The van der Waals surface area contributed by atoms with E-state index in [4.69, 9.17) is 4.74 Å². The fourth-order valence-electron chi connectivity index (χ4n) is 2.38. The predicted molar refractivity (Wildman–Crippen MR) is 88.3 cm³/mol. The number of nitrogens with one attached hydrogen (secondary N) is 2. The fraction of sp³-hybridized carbons (Fsp3) is 0.353. The number of rotatable bonds is 6. The Morgan fingerprint density at radius 3 is 2.83 bits per heavy atom. The second kappa shape index (κ2) is 8.73. The molecule has 2 N–H and O–H groups in total. The number of hydrazone groups is 1. The fourth-order valence-corrected chi connectivity index (χ4v) is 2.38. The zero-order valence-corrected chi connectivity index (χ0v) is 13.0. The second-order valence-corrected chi connectivity index (χ2v) is 5.33. The summed E-state index contributed by atoms with van der Waals surface area (Å²) in [5.74, 6) is -0.719. The highest BCUT2D eigenvalue weighted by Crippen LogP contribution is 2.17. The molecule has 1 aromatic rings. The maximum absolute atomic E-state index is 11.7. The summed E-state index contributed by atoms with van der Waals surface area (Å²) in [6.07, 6.45) is 7.16. The minimum absolute atomic E-state index is 0.107. The highest BCUT2D eigenvalue weighted by molar-refractivity contribution is 6.35. The normalized spacial score (nSPS) is 14.6. The third-order valence-corrected chi connectivity index (χ3v) is 3.50. The molecule has 0 saturated heterocycles. The van der Waals surface area contributed by atoms with Crippen molar-refractivity contribution in [1.29, 1.82) is 0 Å². The molecule has 0 aliphatic heterocycles. The standard InChI is InChI=1S/C17H21N3O3/c1-2-10-23-15-9-5-6-13(11-15)12-18-20-17(22)16(21)19-14-7-3-4-8-14/h2,5-6,9,11-12,14H,1,3-4,7-8,10H2,(H,19,21)(H,20,22)/b18-12-. The van der Waals surface area contributed by atoms with E-state index in [-0.39, 0.29) is 6.04 Å². The summed E-state index contributed by atoms with van der Waals surface area (Å²) in [5, 5.41) is 6.50. The van der Waals surface area contributed by atoms with Crippen LogP contribution >= 0.6 is 0 Å². The Hall–Kier alpha value is -2.63. The summed E-state index contributed by atoms with van der Waals surface area (Å²) in [5.41, 5.74) is 2.98. The van der Waals surface area contributed by atoms with Crippen molar-refractivity contribution in [3.63, 3.8) is 0 Å². The van der Waals surface area contributed by atoms with Gasteiger partial charge < -0.3 is 10.1 Å². The van der Waals surface area contributed by atoms with Crippen LogP contribution in [0.3, 0.4) is 0 Å². The van der Waals surface area contributed by atoms with Crippen molar-refractivity contribution < 1.29 is 14.3 Å².